The fourth-order valence-corrected chi connectivity index (χ4v) is 7.30. The molecule has 0 aromatic carbocycles. The maximum atomic E-state index is 13.2. The van der Waals surface area contributed by atoms with Gasteiger partial charge in [-0.25, -0.2) is 19.3 Å². The second-order valence-corrected chi connectivity index (χ2v) is 12.3. The summed E-state index contributed by atoms with van der Waals surface area (Å²) in [6, 6.07) is 0.856. The largest absolute Gasteiger partial charge is 0.543 e. The Balaban J connectivity index is 1.32. The predicted octanol–water partition coefficient (Wildman–Crippen LogP) is -1.17. The molecule has 3 aromatic heterocycles. The summed E-state index contributed by atoms with van der Waals surface area (Å²) in [5.74, 6) is -3.78. The molecule has 1 unspecified atom stereocenters. The average Bonchev–Trinajstić information content (AvgIpc) is 3.51. The number of nitrogens with two attached hydrogens (primary N) is 1. The van der Waals surface area contributed by atoms with Gasteiger partial charge in [0.2, 0.25) is 6.10 Å². The van der Waals surface area contributed by atoms with Crippen molar-refractivity contribution >= 4 is 80.5 Å². The standard InChI is InChI=1S/C24H24N8O7S3/c1-10(21(35)36)39-29-15(13-9-41-23(25)26-13)18(33)28-16-19(34)32-17(22(37)38)11(7-40-20(16)32)8-42-24-27-12-6-30(2)5-4-14(12)31(24)3/h4-6,9-10,16,20H,7-8H2,1-3H3,(H4-,25,26,28,33,35,36,37,38)/b29-15-/t10-,16?,20+/m0/s1. The molecule has 1 saturated heterocycles. The highest BCUT2D eigenvalue weighted by molar-refractivity contribution is 8.01. The van der Waals surface area contributed by atoms with E-state index in [1.54, 1.807) is 0 Å². The number of amides is 2. The SMILES string of the molecule is C[C@H](O/N=C(\C(=O)NC1C(=O)N2C(C(=O)[O-])=C(CSc3nc4c[n+](C)ccc4n3C)CS[C@H]12)c1csc(N)n1)C(=O)O. The van der Waals surface area contributed by atoms with Gasteiger partial charge in [-0.3, -0.25) is 14.5 Å². The van der Waals surface area contributed by atoms with Crippen LogP contribution in [0.25, 0.3) is 11.0 Å². The van der Waals surface area contributed by atoms with Crippen molar-refractivity contribution in [3.05, 3.63) is 40.8 Å². The second-order valence-electron chi connectivity index (χ2n) is 9.32. The van der Waals surface area contributed by atoms with Gasteiger partial charge in [0.05, 0.1) is 17.2 Å². The van der Waals surface area contributed by atoms with E-state index in [2.05, 4.69) is 20.4 Å². The van der Waals surface area contributed by atoms with Crippen molar-refractivity contribution in [2.45, 2.75) is 29.6 Å². The summed E-state index contributed by atoms with van der Waals surface area (Å²) in [7, 11) is 3.76. The predicted molar refractivity (Wildman–Crippen MR) is 151 cm³/mol. The Morgan fingerprint density at radius 3 is 2.83 bits per heavy atom. The second kappa shape index (κ2) is 11.6. The number of hydrogen-bond acceptors (Lipinski definition) is 13. The summed E-state index contributed by atoms with van der Waals surface area (Å²) < 4.78 is 3.79. The van der Waals surface area contributed by atoms with E-state index in [0.29, 0.717) is 10.7 Å². The summed E-state index contributed by atoms with van der Waals surface area (Å²) >= 11 is 3.66. The minimum Gasteiger partial charge on any atom is -0.543 e. The topological polar surface area (TPSA) is 209 Å². The van der Waals surface area contributed by atoms with Crippen molar-refractivity contribution in [1.82, 2.24) is 24.8 Å². The molecule has 15 nitrogen and oxygen atoms in total. The molecule has 4 N–H and O–H groups in total. The minimum absolute atomic E-state index is 0.0258. The van der Waals surface area contributed by atoms with Crippen LogP contribution in [0.4, 0.5) is 5.13 Å². The van der Waals surface area contributed by atoms with Gasteiger partial charge in [0.25, 0.3) is 11.8 Å². The highest BCUT2D eigenvalue weighted by Gasteiger charge is 2.53. The first-order chi connectivity index (χ1) is 20.0. The first kappa shape index (κ1) is 29.3. The Bertz CT molecular complexity index is 1680. The van der Waals surface area contributed by atoms with Crippen LogP contribution in [0.5, 0.6) is 0 Å². The van der Waals surface area contributed by atoms with Crippen LogP contribution in [-0.4, -0.2) is 83.0 Å². The number of aryl methyl sites for hydroxylation is 2. The Morgan fingerprint density at radius 2 is 2.17 bits per heavy atom. The maximum Gasteiger partial charge on any atom is 0.347 e. The van der Waals surface area contributed by atoms with Crippen molar-refractivity contribution in [2.75, 3.05) is 17.2 Å². The lowest BCUT2D eigenvalue weighted by atomic mass is 10.0. The summed E-state index contributed by atoms with van der Waals surface area (Å²) in [6.07, 6.45) is 2.43. The van der Waals surface area contributed by atoms with Gasteiger partial charge in [-0.2, -0.15) is 0 Å². The monoisotopic (exact) mass is 632 g/mol. The van der Waals surface area contributed by atoms with Crippen LogP contribution in [0, 0.1) is 0 Å². The van der Waals surface area contributed by atoms with E-state index in [0.717, 1.165) is 27.3 Å². The van der Waals surface area contributed by atoms with Gasteiger partial charge >= 0.3 is 5.97 Å². The zero-order valence-corrected chi connectivity index (χ0v) is 24.8. The van der Waals surface area contributed by atoms with Crippen LogP contribution in [0.1, 0.15) is 12.6 Å². The molecule has 2 aliphatic rings. The summed E-state index contributed by atoms with van der Waals surface area (Å²) in [6.45, 7) is 1.22. The number of imidazole rings is 1. The van der Waals surface area contributed by atoms with Crippen molar-refractivity contribution in [3.63, 3.8) is 0 Å². The lowest BCUT2D eigenvalue weighted by Crippen LogP contribution is -2.71. The number of carbonyl (C=O) groups excluding carboxylic acids is 3. The number of thioether (sulfide) groups is 2. The molecular weight excluding hydrogens is 609 g/mol. The molecule has 3 atom stereocenters. The number of nitrogens with one attached hydrogen (secondary N) is 1. The number of carboxylic acids is 2. The van der Waals surface area contributed by atoms with Crippen molar-refractivity contribution in [1.29, 1.82) is 0 Å². The zero-order valence-electron chi connectivity index (χ0n) is 22.3. The third-order valence-corrected chi connectivity index (χ3v) is 9.58. The van der Waals surface area contributed by atoms with E-state index >= 15 is 0 Å². The molecule has 5 rings (SSSR count). The number of fused-ring (bicyclic) bond motifs is 2. The third kappa shape index (κ3) is 5.51. The van der Waals surface area contributed by atoms with E-state index in [1.165, 1.54) is 35.8 Å². The van der Waals surface area contributed by atoms with Gasteiger partial charge in [0.15, 0.2) is 33.9 Å². The number of thiazole rings is 1. The molecule has 18 heteroatoms. The molecule has 5 heterocycles. The Kier molecular flexibility index (Phi) is 8.11. The number of nitrogens with zero attached hydrogens (tertiary/aromatic N) is 6. The number of carboxylic acid groups (broad SMARTS) is 2. The van der Waals surface area contributed by atoms with Gasteiger partial charge in [-0.05, 0) is 12.5 Å². The van der Waals surface area contributed by atoms with E-state index in [9.17, 15) is 24.3 Å². The molecule has 1 fully saturated rings. The first-order valence-electron chi connectivity index (χ1n) is 12.3. The molecule has 220 valence electrons. The Hall–Kier alpha value is -4.16. The van der Waals surface area contributed by atoms with Gasteiger partial charge in [-0.15, -0.1) is 23.1 Å². The van der Waals surface area contributed by atoms with Gasteiger partial charge in [0.1, 0.15) is 24.2 Å². The smallest absolute Gasteiger partial charge is 0.347 e. The number of aromatic nitrogens is 4. The molecule has 2 amide bonds. The average molecular weight is 633 g/mol. The van der Waals surface area contributed by atoms with E-state index < -0.39 is 41.3 Å². The molecule has 42 heavy (non-hydrogen) atoms. The fraction of sp³-hybridized carbons (Fsp3) is 0.333. The number of nitrogen functional groups attached to an aromatic ring is 1. The normalized spacial score (nSPS) is 19.4. The van der Waals surface area contributed by atoms with Crippen LogP contribution in [0.3, 0.4) is 0 Å². The number of anilines is 1. The number of aliphatic carboxylic acids is 2. The van der Waals surface area contributed by atoms with E-state index in [1.807, 2.05) is 41.7 Å². The lowest BCUT2D eigenvalue weighted by Gasteiger charge is -2.50. The summed E-state index contributed by atoms with van der Waals surface area (Å²) in [4.78, 5) is 64.3. The molecule has 0 radical (unpaired) electrons. The molecule has 2 aliphatic heterocycles. The maximum absolute atomic E-state index is 13.2. The fourth-order valence-electron chi connectivity index (χ4n) is 4.28. The summed E-state index contributed by atoms with van der Waals surface area (Å²) in [5.41, 5.74) is 7.29. The third-order valence-electron chi connectivity index (χ3n) is 6.45. The number of rotatable bonds is 10. The number of oxime groups is 1. The lowest BCUT2D eigenvalue weighted by molar-refractivity contribution is -0.670. The van der Waals surface area contributed by atoms with Crippen molar-refractivity contribution in [3.8, 4) is 0 Å². The number of β-lactam (4-membered cyclic amide) rings is 1. The van der Waals surface area contributed by atoms with Gasteiger partial charge < -0.3 is 35.5 Å². The van der Waals surface area contributed by atoms with Crippen LogP contribution >= 0.6 is 34.9 Å². The van der Waals surface area contributed by atoms with Crippen LogP contribution in [0.2, 0.25) is 0 Å². The molecule has 0 aliphatic carbocycles. The number of pyridine rings is 1. The number of hydrogen-bond donors (Lipinski definition) is 3. The molecular formula is C24H24N8O7S3. The van der Waals surface area contributed by atoms with Crippen molar-refractivity contribution < 1.29 is 38.8 Å². The highest BCUT2D eigenvalue weighted by atomic mass is 32.2. The van der Waals surface area contributed by atoms with Crippen LogP contribution in [-0.2, 0) is 38.1 Å². The van der Waals surface area contributed by atoms with Crippen LogP contribution < -0.4 is 20.7 Å². The van der Waals surface area contributed by atoms with Crippen molar-refractivity contribution in [2.24, 2.45) is 19.3 Å². The van der Waals surface area contributed by atoms with Gasteiger partial charge in [0, 0.05) is 30.0 Å². The minimum atomic E-state index is -1.50. The quantitative estimate of drug-likeness (QED) is 0.0794. The zero-order chi connectivity index (χ0) is 30.3. The number of carbonyl (C=O) groups is 4. The molecule has 0 spiro atoms. The first-order valence-corrected chi connectivity index (χ1v) is 15.2. The van der Waals surface area contributed by atoms with Gasteiger partial charge in [-0.1, -0.05) is 16.9 Å². The molecule has 3 aromatic rings. The Labute approximate surface area is 250 Å². The van der Waals surface area contributed by atoms with Crippen LogP contribution in [0.15, 0.2) is 45.4 Å². The van der Waals surface area contributed by atoms with E-state index in [-0.39, 0.29) is 33.7 Å². The molecule has 0 bridgehead atoms. The van der Waals surface area contributed by atoms with E-state index in [4.69, 9.17) is 15.7 Å². The highest BCUT2D eigenvalue weighted by Crippen LogP contribution is 2.41. The Morgan fingerprint density at radius 1 is 1.40 bits per heavy atom. The molecule has 0 saturated carbocycles. The summed E-state index contributed by atoms with van der Waals surface area (Å²) in [5, 5.41) is 29.0.